The molecule has 0 spiro atoms. The molecular formula is C18H26N2O4. The Labute approximate surface area is 142 Å². The van der Waals surface area contributed by atoms with E-state index in [4.69, 9.17) is 9.84 Å². The lowest BCUT2D eigenvalue weighted by molar-refractivity contribution is -0.137. The van der Waals surface area contributed by atoms with Crippen LogP contribution < -0.4 is 5.32 Å². The highest BCUT2D eigenvalue weighted by Crippen LogP contribution is 2.33. The number of nitrogens with zero attached hydrogens (tertiary/aromatic N) is 1. The Morgan fingerprint density at radius 3 is 2.54 bits per heavy atom. The van der Waals surface area contributed by atoms with Crippen molar-refractivity contribution in [1.82, 2.24) is 10.2 Å². The summed E-state index contributed by atoms with van der Waals surface area (Å²) in [6, 6.07) is 7.44. The van der Waals surface area contributed by atoms with Crippen molar-refractivity contribution in [3.05, 3.63) is 35.4 Å². The third kappa shape index (κ3) is 4.33. The van der Waals surface area contributed by atoms with Crippen molar-refractivity contribution in [2.45, 2.75) is 44.9 Å². The minimum absolute atomic E-state index is 0.00700. The van der Waals surface area contributed by atoms with Crippen molar-refractivity contribution in [1.29, 1.82) is 0 Å². The number of benzene rings is 1. The molecule has 1 aliphatic heterocycles. The largest absolute Gasteiger partial charge is 0.392 e. The lowest BCUT2D eigenvalue weighted by Crippen LogP contribution is -2.52. The molecule has 1 aromatic rings. The molecule has 2 rings (SSSR count). The van der Waals surface area contributed by atoms with Gasteiger partial charge >= 0.3 is 0 Å². The van der Waals surface area contributed by atoms with E-state index in [0.29, 0.717) is 19.7 Å². The Morgan fingerprint density at radius 2 is 1.96 bits per heavy atom. The quantitative estimate of drug-likeness (QED) is 0.786. The number of methoxy groups -OCH3 is 1. The van der Waals surface area contributed by atoms with E-state index < -0.39 is 5.54 Å². The van der Waals surface area contributed by atoms with Crippen LogP contribution in [0.1, 0.15) is 37.3 Å². The standard InChI is InChI=1S/C18H26N2O4/c1-14(22)20-9-3-8-18(20,13-24-2)10-17(23)19-11-15-4-6-16(12-21)7-5-15/h4-7,21H,3,8-13H2,1-2H3,(H,19,23)/t18-/m0/s1. The van der Waals surface area contributed by atoms with Gasteiger partial charge in [0.25, 0.3) is 0 Å². The Hall–Kier alpha value is -1.92. The van der Waals surface area contributed by atoms with Crippen LogP contribution in [0, 0.1) is 0 Å². The molecule has 0 saturated carbocycles. The highest BCUT2D eigenvalue weighted by molar-refractivity contribution is 5.80. The molecule has 0 aliphatic carbocycles. The van der Waals surface area contributed by atoms with Crippen LogP contribution in [0.5, 0.6) is 0 Å². The predicted octanol–water partition coefficient (Wildman–Crippen LogP) is 1.21. The molecule has 132 valence electrons. The molecule has 1 aliphatic rings. The smallest absolute Gasteiger partial charge is 0.222 e. The van der Waals surface area contributed by atoms with Crippen LogP contribution in [0.2, 0.25) is 0 Å². The van der Waals surface area contributed by atoms with Gasteiger partial charge in [0.1, 0.15) is 0 Å². The number of hydrogen-bond donors (Lipinski definition) is 2. The first kappa shape index (κ1) is 18.4. The summed E-state index contributed by atoms with van der Waals surface area (Å²) < 4.78 is 5.30. The highest BCUT2D eigenvalue weighted by atomic mass is 16.5. The van der Waals surface area contributed by atoms with Crippen LogP contribution in [-0.2, 0) is 27.5 Å². The Kier molecular flexibility index (Phi) is 6.34. The van der Waals surface area contributed by atoms with Crippen molar-refractivity contribution < 1.29 is 19.4 Å². The average Bonchev–Trinajstić information content (AvgIpc) is 2.97. The molecule has 2 amide bonds. The van der Waals surface area contributed by atoms with E-state index in [2.05, 4.69) is 5.32 Å². The monoisotopic (exact) mass is 334 g/mol. The van der Waals surface area contributed by atoms with Crippen LogP contribution in [-0.4, -0.2) is 47.6 Å². The van der Waals surface area contributed by atoms with Crippen LogP contribution in [0.25, 0.3) is 0 Å². The van der Waals surface area contributed by atoms with Crippen molar-refractivity contribution >= 4 is 11.8 Å². The van der Waals surface area contributed by atoms with E-state index in [0.717, 1.165) is 24.0 Å². The minimum atomic E-state index is -0.536. The maximum Gasteiger partial charge on any atom is 0.222 e. The Bertz CT molecular complexity index is 573. The normalized spacial score (nSPS) is 20.2. The lowest BCUT2D eigenvalue weighted by Gasteiger charge is -2.37. The van der Waals surface area contributed by atoms with Gasteiger partial charge in [-0.1, -0.05) is 24.3 Å². The van der Waals surface area contributed by atoms with Gasteiger partial charge in [-0.15, -0.1) is 0 Å². The highest BCUT2D eigenvalue weighted by Gasteiger charge is 2.44. The number of nitrogens with one attached hydrogen (secondary N) is 1. The Balaban J connectivity index is 1.96. The van der Waals surface area contributed by atoms with Crippen LogP contribution in [0.4, 0.5) is 0 Å². The maximum atomic E-state index is 12.4. The molecule has 0 bridgehead atoms. The van der Waals surface area contributed by atoms with Gasteiger partial charge in [-0.3, -0.25) is 9.59 Å². The molecule has 1 atom stereocenters. The molecular weight excluding hydrogens is 308 g/mol. The lowest BCUT2D eigenvalue weighted by atomic mass is 9.92. The van der Waals surface area contributed by atoms with Gasteiger partial charge < -0.3 is 20.1 Å². The molecule has 0 unspecified atom stereocenters. The summed E-state index contributed by atoms with van der Waals surface area (Å²) in [6.45, 7) is 3.01. The van der Waals surface area contributed by atoms with Crippen molar-refractivity contribution in [2.75, 3.05) is 20.3 Å². The molecule has 24 heavy (non-hydrogen) atoms. The molecule has 6 nitrogen and oxygen atoms in total. The van der Waals surface area contributed by atoms with Crippen molar-refractivity contribution in [2.24, 2.45) is 0 Å². The van der Waals surface area contributed by atoms with Gasteiger partial charge in [-0.05, 0) is 24.0 Å². The first-order valence-corrected chi connectivity index (χ1v) is 8.23. The molecule has 0 aromatic heterocycles. The number of rotatable bonds is 7. The van der Waals surface area contributed by atoms with Crippen molar-refractivity contribution in [3.8, 4) is 0 Å². The zero-order valence-electron chi connectivity index (χ0n) is 14.4. The fourth-order valence-electron chi connectivity index (χ4n) is 3.41. The van der Waals surface area contributed by atoms with E-state index in [1.807, 2.05) is 24.3 Å². The SMILES string of the molecule is COC[C@@]1(CC(=O)NCc2ccc(CO)cc2)CCCN1C(C)=O. The van der Waals surface area contributed by atoms with E-state index in [9.17, 15) is 9.59 Å². The maximum absolute atomic E-state index is 12.4. The third-order valence-electron chi connectivity index (χ3n) is 4.57. The molecule has 1 fully saturated rings. The van der Waals surface area contributed by atoms with E-state index >= 15 is 0 Å². The van der Waals surface area contributed by atoms with Crippen LogP contribution in [0.3, 0.4) is 0 Å². The molecule has 1 heterocycles. The molecule has 6 heteroatoms. The van der Waals surface area contributed by atoms with E-state index in [1.165, 1.54) is 6.92 Å². The van der Waals surface area contributed by atoms with Gasteiger partial charge in [0.05, 0.1) is 25.2 Å². The molecule has 1 aromatic carbocycles. The fraction of sp³-hybridized carbons (Fsp3) is 0.556. The fourth-order valence-corrected chi connectivity index (χ4v) is 3.41. The number of aliphatic hydroxyl groups excluding tert-OH is 1. The van der Waals surface area contributed by atoms with Gasteiger partial charge in [-0.2, -0.15) is 0 Å². The van der Waals surface area contributed by atoms with E-state index in [-0.39, 0.29) is 24.8 Å². The van der Waals surface area contributed by atoms with Crippen LogP contribution in [0.15, 0.2) is 24.3 Å². The summed E-state index contributed by atoms with van der Waals surface area (Å²) in [6.07, 6.45) is 1.91. The second-order valence-corrected chi connectivity index (χ2v) is 6.36. The number of carbonyl (C=O) groups excluding carboxylic acids is 2. The zero-order valence-corrected chi connectivity index (χ0v) is 14.4. The number of aliphatic hydroxyl groups is 1. The average molecular weight is 334 g/mol. The summed E-state index contributed by atoms with van der Waals surface area (Å²) in [5.41, 5.74) is 1.27. The van der Waals surface area contributed by atoms with Crippen molar-refractivity contribution in [3.63, 3.8) is 0 Å². The minimum Gasteiger partial charge on any atom is -0.392 e. The molecule has 0 radical (unpaired) electrons. The second-order valence-electron chi connectivity index (χ2n) is 6.36. The van der Waals surface area contributed by atoms with E-state index in [1.54, 1.807) is 12.0 Å². The number of hydrogen-bond acceptors (Lipinski definition) is 4. The van der Waals surface area contributed by atoms with Crippen LogP contribution >= 0.6 is 0 Å². The van der Waals surface area contributed by atoms with Gasteiger partial charge in [0.2, 0.25) is 11.8 Å². The Morgan fingerprint density at radius 1 is 1.29 bits per heavy atom. The number of carbonyl (C=O) groups is 2. The molecule has 2 N–H and O–H groups in total. The number of ether oxygens (including phenoxy) is 1. The van der Waals surface area contributed by atoms with Gasteiger partial charge in [0.15, 0.2) is 0 Å². The first-order chi connectivity index (χ1) is 11.5. The summed E-state index contributed by atoms with van der Waals surface area (Å²) in [4.78, 5) is 26.0. The topological polar surface area (TPSA) is 78.9 Å². The second kappa shape index (κ2) is 8.26. The van der Waals surface area contributed by atoms with Gasteiger partial charge in [-0.25, -0.2) is 0 Å². The third-order valence-corrected chi connectivity index (χ3v) is 4.57. The number of likely N-dealkylation sites (tertiary alicyclic amines) is 1. The zero-order chi connectivity index (χ0) is 17.6. The summed E-state index contributed by atoms with van der Waals surface area (Å²) >= 11 is 0. The summed E-state index contributed by atoms with van der Waals surface area (Å²) in [5.74, 6) is -0.108. The number of amides is 2. The predicted molar refractivity (Wildman–Crippen MR) is 90.1 cm³/mol. The van der Waals surface area contributed by atoms with Gasteiger partial charge in [0, 0.05) is 27.1 Å². The summed E-state index contributed by atoms with van der Waals surface area (Å²) in [7, 11) is 1.60. The molecule has 1 saturated heterocycles. The first-order valence-electron chi connectivity index (χ1n) is 8.23. The summed E-state index contributed by atoms with van der Waals surface area (Å²) in [5, 5.41) is 12.0.